The first kappa shape index (κ1) is 15.5. The first-order valence-electron chi connectivity index (χ1n) is 7.78. The van der Waals surface area contributed by atoms with Crippen molar-refractivity contribution in [1.82, 2.24) is 10.5 Å². The number of aromatic nitrogens is 1. The summed E-state index contributed by atoms with van der Waals surface area (Å²) in [7, 11) is 0. The Labute approximate surface area is 133 Å². The number of hydrogen-bond donors (Lipinski definition) is 1. The largest absolute Gasteiger partial charge is 0.489 e. The number of benzene rings is 1. The van der Waals surface area contributed by atoms with E-state index in [1.807, 2.05) is 0 Å². The van der Waals surface area contributed by atoms with Gasteiger partial charge in [0.25, 0.3) is 5.91 Å². The Morgan fingerprint density at radius 2 is 2.22 bits per heavy atom. The third-order valence-corrected chi connectivity index (χ3v) is 4.07. The van der Waals surface area contributed by atoms with Gasteiger partial charge in [-0.25, -0.2) is 4.39 Å². The average molecular weight is 318 g/mol. The molecule has 1 aliphatic carbocycles. The zero-order valence-corrected chi connectivity index (χ0v) is 13.0. The monoisotopic (exact) mass is 318 g/mol. The number of carbonyl (C=O) groups is 1. The van der Waals surface area contributed by atoms with Crippen molar-refractivity contribution in [3.8, 4) is 5.75 Å². The first-order valence-corrected chi connectivity index (χ1v) is 7.78. The predicted octanol–water partition coefficient (Wildman–Crippen LogP) is 3.37. The van der Waals surface area contributed by atoms with E-state index in [-0.39, 0.29) is 30.1 Å². The molecule has 0 radical (unpaired) electrons. The third kappa shape index (κ3) is 3.70. The quantitative estimate of drug-likeness (QED) is 0.918. The van der Waals surface area contributed by atoms with Gasteiger partial charge in [-0.3, -0.25) is 4.79 Å². The van der Waals surface area contributed by atoms with E-state index in [2.05, 4.69) is 10.5 Å². The molecule has 5 nitrogen and oxygen atoms in total. The van der Waals surface area contributed by atoms with Gasteiger partial charge < -0.3 is 14.6 Å². The fourth-order valence-corrected chi connectivity index (χ4v) is 2.78. The number of aryl methyl sites for hydroxylation is 1. The summed E-state index contributed by atoms with van der Waals surface area (Å²) in [6.07, 6.45) is 4.27. The van der Waals surface area contributed by atoms with E-state index >= 15 is 0 Å². The maximum atomic E-state index is 13.2. The van der Waals surface area contributed by atoms with Gasteiger partial charge in [-0.2, -0.15) is 0 Å². The molecule has 0 saturated heterocycles. The standard InChI is InChI=1S/C17H19FN2O3/c1-11-15(10-22-14-8-4-5-12(18)9-14)16(20-23-11)17(21)19-13-6-2-3-7-13/h4-5,8-9,13H,2-3,6-7,10H2,1H3,(H,19,21). The van der Waals surface area contributed by atoms with Crippen LogP contribution in [0.2, 0.25) is 0 Å². The van der Waals surface area contributed by atoms with E-state index < -0.39 is 0 Å². The minimum absolute atomic E-state index is 0.103. The van der Waals surface area contributed by atoms with E-state index in [0.717, 1.165) is 25.7 Å². The molecule has 23 heavy (non-hydrogen) atoms. The summed E-state index contributed by atoms with van der Waals surface area (Å²) in [4.78, 5) is 12.4. The molecular weight excluding hydrogens is 299 g/mol. The fourth-order valence-electron chi connectivity index (χ4n) is 2.78. The molecule has 0 aliphatic heterocycles. The van der Waals surface area contributed by atoms with Crippen LogP contribution in [0.25, 0.3) is 0 Å². The molecular formula is C17H19FN2O3. The minimum atomic E-state index is -0.372. The van der Waals surface area contributed by atoms with Crippen LogP contribution in [-0.4, -0.2) is 17.1 Å². The van der Waals surface area contributed by atoms with Crippen molar-refractivity contribution in [2.24, 2.45) is 0 Å². The highest BCUT2D eigenvalue weighted by Crippen LogP contribution is 2.21. The van der Waals surface area contributed by atoms with E-state index in [9.17, 15) is 9.18 Å². The molecule has 0 bridgehead atoms. The van der Waals surface area contributed by atoms with Crippen LogP contribution in [0.3, 0.4) is 0 Å². The van der Waals surface area contributed by atoms with Crippen LogP contribution in [0.1, 0.15) is 47.5 Å². The summed E-state index contributed by atoms with van der Waals surface area (Å²) in [5.74, 6) is 0.307. The van der Waals surface area contributed by atoms with E-state index in [0.29, 0.717) is 17.1 Å². The van der Waals surface area contributed by atoms with Gasteiger partial charge in [-0.1, -0.05) is 24.1 Å². The van der Waals surface area contributed by atoms with Gasteiger partial charge in [0.15, 0.2) is 5.69 Å². The minimum Gasteiger partial charge on any atom is -0.489 e. The second-order valence-electron chi connectivity index (χ2n) is 5.77. The summed E-state index contributed by atoms with van der Waals surface area (Å²) in [6.45, 7) is 1.83. The summed E-state index contributed by atoms with van der Waals surface area (Å²) in [6, 6.07) is 6.07. The molecule has 6 heteroatoms. The molecule has 1 amide bonds. The number of halogens is 1. The topological polar surface area (TPSA) is 64.4 Å². The van der Waals surface area contributed by atoms with Crippen molar-refractivity contribution in [2.45, 2.75) is 45.3 Å². The molecule has 1 fully saturated rings. The maximum Gasteiger partial charge on any atom is 0.274 e. The van der Waals surface area contributed by atoms with Crippen LogP contribution in [0.15, 0.2) is 28.8 Å². The van der Waals surface area contributed by atoms with Gasteiger partial charge >= 0.3 is 0 Å². The van der Waals surface area contributed by atoms with Gasteiger partial charge in [0.05, 0.1) is 5.56 Å². The number of rotatable bonds is 5. The van der Waals surface area contributed by atoms with Crippen molar-refractivity contribution >= 4 is 5.91 Å². The second kappa shape index (κ2) is 6.81. The molecule has 2 aromatic rings. The van der Waals surface area contributed by atoms with E-state index in [1.54, 1.807) is 19.1 Å². The Hall–Kier alpha value is -2.37. The molecule has 1 aromatic heterocycles. The van der Waals surface area contributed by atoms with Crippen molar-refractivity contribution in [3.05, 3.63) is 47.1 Å². The highest BCUT2D eigenvalue weighted by Gasteiger charge is 2.24. The van der Waals surface area contributed by atoms with Crippen molar-refractivity contribution in [3.63, 3.8) is 0 Å². The average Bonchev–Trinajstić information content (AvgIpc) is 3.15. The zero-order chi connectivity index (χ0) is 16.2. The number of nitrogens with one attached hydrogen (secondary N) is 1. The van der Waals surface area contributed by atoms with Crippen LogP contribution in [0.5, 0.6) is 5.75 Å². The van der Waals surface area contributed by atoms with Crippen LogP contribution >= 0.6 is 0 Å². The van der Waals surface area contributed by atoms with Gasteiger partial charge in [0.1, 0.15) is 23.9 Å². The van der Waals surface area contributed by atoms with Crippen molar-refractivity contribution < 1.29 is 18.4 Å². The number of carbonyl (C=O) groups excluding carboxylic acids is 1. The summed E-state index contributed by atoms with van der Waals surface area (Å²) in [5, 5.41) is 6.83. The number of hydrogen-bond acceptors (Lipinski definition) is 4. The Morgan fingerprint density at radius 1 is 1.43 bits per heavy atom. The fraction of sp³-hybridized carbons (Fsp3) is 0.412. The summed E-state index contributed by atoms with van der Waals surface area (Å²) >= 11 is 0. The lowest BCUT2D eigenvalue weighted by Crippen LogP contribution is -2.33. The molecule has 1 heterocycles. The number of ether oxygens (including phenoxy) is 1. The first-order chi connectivity index (χ1) is 11.1. The Morgan fingerprint density at radius 3 is 2.96 bits per heavy atom. The molecule has 1 N–H and O–H groups in total. The maximum absolute atomic E-state index is 13.2. The molecule has 0 atom stereocenters. The molecule has 1 aliphatic rings. The molecule has 0 unspecified atom stereocenters. The lowest BCUT2D eigenvalue weighted by Gasteiger charge is -2.11. The number of amides is 1. The Balaban J connectivity index is 1.69. The Kier molecular flexibility index (Phi) is 4.60. The van der Waals surface area contributed by atoms with Gasteiger partial charge in [0, 0.05) is 12.1 Å². The SMILES string of the molecule is Cc1onc(C(=O)NC2CCCC2)c1COc1cccc(F)c1. The molecule has 0 spiro atoms. The van der Waals surface area contributed by atoms with E-state index in [4.69, 9.17) is 9.26 Å². The number of nitrogens with zero attached hydrogens (tertiary/aromatic N) is 1. The van der Waals surface area contributed by atoms with Crippen LogP contribution in [-0.2, 0) is 6.61 Å². The lowest BCUT2D eigenvalue weighted by molar-refractivity contribution is 0.0926. The second-order valence-corrected chi connectivity index (χ2v) is 5.77. The summed E-state index contributed by atoms with van der Waals surface area (Å²) in [5.41, 5.74) is 0.829. The molecule has 3 rings (SSSR count). The Bertz CT molecular complexity index is 693. The van der Waals surface area contributed by atoms with E-state index in [1.165, 1.54) is 12.1 Å². The van der Waals surface area contributed by atoms with Crippen LogP contribution < -0.4 is 10.1 Å². The third-order valence-electron chi connectivity index (χ3n) is 4.07. The van der Waals surface area contributed by atoms with Crippen molar-refractivity contribution in [1.29, 1.82) is 0 Å². The lowest BCUT2D eigenvalue weighted by atomic mass is 10.1. The highest BCUT2D eigenvalue weighted by atomic mass is 19.1. The highest BCUT2D eigenvalue weighted by molar-refractivity contribution is 5.94. The molecule has 122 valence electrons. The van der Waals surface area contributed by atoms with Crippen LogP contribution in [0, 0.1) is 12.7 Å². The normalized spacial score (nSPS) is 14.9. The predicted molar refractivity (Wildman–Crippen MR) is 81.7 cm³/mol. The summed E-state index contributed by atoms with van der Waals surface area (Å²) < 4.78 is 23.9. The van der Waals surface area contributed by atoms with Gasteiger partial charge in [-0.15, -0.1) is 0 Å². The van der Waals surface area contributed by atoms with Crippen LogP contribution in [0.4, 0.5) is 4.39 Å². The molecule has 1 saturated carbocycles. The zero-order valence-electron chi connectivity index (χ0n) is 13.0. The smallest absolute Gasteiger partial charge is 0.274 e. The van der Waals surface area contributed by atoms with Gasteiger partial charge in [0.2, 0.25) is 0 Å². The van der Waals surface area contributed by atoms with Gasteiger partial charge in [-0.05, 0) is 31.9 Å². The molecule has 1 aromatic carbocycles. The van der Waals surface area contributed by atoms with Crippen molar-refractivity contribution in [2.75, 3.05) is 0 Å².